The normalized spacial score (nSPS) is 9.17. The summed E-state index contributed by atoms with van der Waals surface area (Å²) in [7, 11) is 0. The van der Waals surface area contributed by atoms with Gasteiger partial charge in [-0.3, -0.25) is 0 Å². The fraction of sp³-hybridized carbons (Fsp3) is 0.143. The predicted octanol–water partition coefficient (Wildman–Crippen LogP) is 3.57. The van der Waals surface area contributed by atoms with Gasteiger partial charge in [0.25, 0.3) is 0 Å². The molecule has 0 saturated carbocycles. The molecule has 0 aliphatic carbocycles. The van der Waals surface area contributed by atoms with Gasteiger partial charge < -0.3 is 29.6 Å². The monoisotopic (exact) mass is 455 g/mol. The Balaban J connectivity index is 0.000000523. The van der Waals surface area contributed by atoms with Gasteiger partial charge in [0.2, 0.25) is 0 Å². The Bertz CT molecular complexity index is 711. The predicted molar refractivity (Wildman–Crippen MR) is 89.2 cm³/mol. The van der Waals surface area contributed by atoms with E-state index in [0.29, 0.717) is 0 Å². The summed E-state index contributed by atoms with van der Waals surface area (Å²) < 4.78 is 0. The van der Waals surface area contributed by atoms with Crippen LogP contribution in [0.4, 0.5) is 0 Å². The molecular formula is C14H12CoN4O10+2. The average Bonchev–Trinajstić information content (AvgIpc) is 2.69. The van der Waals surface area contributed by atoms with Crippen LogP contribution in [0.15, 0.2) is 69.9 Å². The van der Waals surface area contributed by atoms with Gasteiger partial charge in [-0.15, -0.1) is 19.6 Å². The number of para-hydroxylation sites is 2. The average molecular weight is 455 g/mol. The van der Waals surface area contributed by atoms with Gasteiger partial charge in [-0.2, -0.15) is 0 Å². The van der Waals surface area contributed by atoms with Crippen LogP contribution in [0.2, 0.25) is 0 Å². The van der Waals surface area contributed by atoms with Crippen molar-refractivity contribution in [3.63, 3.8) is 0 Å². The van der Waals surface area contributed by atoms with Gasteiger partial charge in [-0.1, -0.05) is 24.3 Å². The van der Waals surface area contributed by atoms with E-state index in [2.05, 4.69) is 40.7 Å². The van der Waals surface area contributed by atoms with Gasteiger partial charge in [-0.05, 0) is 24.3 Å². The minimum absolute atomic E-state index is 0. The second-order valence-electron chi connectivity index (χ2n) is 4.50. The van der Waals surface area contributed by atoms with Crippen LogP contribution in [-0.4, -0.2) is 10.2 Å². The molecule has 2 rings (SSSR count). The number of benzene rings is 2. The number of phenols is 2. The standard InChI is InChI=1S/2C7H6N2O5.Co/c2*10-6-4-2-1-3-5(6)7(13-8-11)14-9-12;/h2*1-4,7,10H;/q;;+2. The summed E-state index contributed by atoms with van der Waals surface area (Å²) in [5, 5.41) is 26.9. The van der Waals surface area contributed by atoms with E-state index in [1.54, 1.807) is 24.3 Å². The van der Waals surface area contributed by atoms with Crippen LogP contribution >= 0.6 is 0 Å². The van der Waals surface area contributed by atoms with Gasteiger partial charge >= 0.3 is 29.4 Å². The summed E-state index contributed by atoms with van der Waals surface area (Å²) >= 11 is 0. The molecule has 1 radical (unpaired) electrons. The third kappa shape index (κ3) is 8.14. The second kappa shape index (κ2) is 14.2. The SMILES string of the molecule is O=NOC(ON=O)c1ccccc1O.O=NOC(ON=O)c1ccccc1O.[Co+2]. The third-order valence-electron chi connectivity index (χ3n) is 2.94. The van der Waals surface area contributed by atoms with Gasteiger partial charge in [0, 0.05) is 0 Å². The molecule has 0 aromatic heterocycles. The summed E-state index contributed by atoms with van der Waals surface area (Å²) in [6.45, 7) is 0. The molecule has 2 aromatic rings. The summed E-state index contributed by atoms with van der Waals surface area (Å²) in [6.07, 6.45) is -2.85. The molecule has 2 aromatic carbocycles. The molecule has 0 spiro atoms. The van der Waals surface area contributed by atoms with Gasteiger partial charge in [0.1, 0.15) is 11.5 Å². The summed E-state index contributed by atoms with van der Waals surface area (Å²) in [6, 6.07) is 11.7. The number of aromatic hydroxyl groups is 2. The zero-order chi connectivity index (χ0) is 20.8. The maximum absolute atomic E-state index is 9.80. The van der Waals surface area contributed by atoms with Crippen molar-refractivity contribution in [2.45, 2.75) is 12.6 Å². The molecule has 29 heavy (non-hydrogen) atoms. The number of phenolic OH excluding ortho intramolecular Hbond substituents is 2. The smallest absolute Gasteiger partial charge is 0.507 e. The van der Waals surface area contributed by atoms with Crippen molar-refractivity contribution in [1.29, 1.82) is 0 Å². The Kier molecular flexibility index (Phi) is 12.3. The number of hydrogen-bond acceptors (Lipinski definition) is 14. The first-order valence-electron chi connectivity index (χ1n) is 7.08. The van der Waals surface area contributed by atoms with E-state index < -0.39 is 12.6 Å². The van der Waals surface area contributed by atoms with Crippen molar-refractivity contribution in [2.24, 2.45) is 21.4 Å². The molecule has 0 saturated heterocycles. The van der Waals surface area contributed by atoms with Crippen LogP contribution in [0.25, 0.3) is 0 Å². The first-order valence-corrected chi connectivity index (χ1v) is 7.08. The van der Waals surface area contributed by atoms with Crippen LogP contribution < -0.4 is 0 Å². The van der Waals surface area contributed by atoms with Gasteiger partial charge in [0.05, 0.1) is 11.1 Å². The topological polar surface area (TPSA) is 195 Å². The van der Waals surface area contributed by atoms with Crippen LogP contribution in [0, 0.1) is 19.6 Å². The van der Waals surface area contributed by atoms with Crippen LogP contribution in [0.1, 0.15) is 23.7 Å². The maximum Gasteiger partial charge on any atom is 2.00 e. The van der Waals surface area contributed by atoms with Crippen molar-refractivity contribution in [2.75, 3.05) is 0 Å². The van der Waals surface area contributed by atoms with Crippen LogP contribution in [0.3, 0.4) is 0 Å². The third-order valence-corrected chi connectivity index (χ3v) is 2.94. The second-order valence-corrected chi connectivity index (χ2v) is 4.50. The maximum atomic E-state index is 9.80. The van der Waals surface area contributed by atoms with Crippen molar-refractivity contribution in [1.82, 2.24) is 0 Å². The minimum atomic E-state index is -1.42. The molecule has 0 aliphatic rings. The molecule has 0 bridgehead atoms. The quantitative estimate of drug-likeness (QED) is 0.304. The van der Waals surface area contributed by atoms with Crippen molar-refractivity contribution in [3.8, 4) is 11.5 Å². The largest absolute Gasteiger partial charge is 2.00 e. The van der Waals surface area contributed by atoms with E-state index in [0.717, 1.165) is 0 Å². The van der Waals surface area contributed by atoms with Crippen molar-refractivity contribution in [3.05, 3.63) is 79.3 Å². The van der Waals surface area contributed by atoms with E-state index >= 15 is 0 Å². The summed E-state index contributed by atoms with van der Waals surface area (Å²) in [5.74, 6) is -0.380. The molecule has 0 fully saturated rings. The zero-order valence-electron chi connectivity index (χ0n) is 14.1. The molecule has 14 nitrogen and oxygen atoms in total. The molecule has 0 heterocycles. The van der Waals surface area contributed by atoms with E-state index in [9.17, 15) is 29.8 Å². The first-order chi connectivity index (χ1) is 13.6. The molecule has 2 N–H and O–H groups in total. The van der Waals surface area contributed by atoms with E-state index in [4.69, 9.17) is 0 Å². The zero-order valence-corrected chi connectivity index (χ0v) is 15.1. The molecular weight excluding hydrogens is 443 g/mol. The Labute approximate surface area is 171 Å². The Morgan fingerprint density at radius 3 is 1.10 bits per heavy atom. The number of rotatable bonds is 10. The van der Waals surface area contributed by atoms with Gasteiger partial charge in [0.15, 0.2) is 21.4 Å². The molecule has 0 unspecified atom stereocenters. The van der Waals surface area contributed by atoms with Crippen LogP contribution in [0.5, 0.6) is 11.5 Å². The fourth-order valence-electron chi connectivity index (χ4n) is 1.80. The summed E-state index contributed by atoms with van der Waals surface area (Å²) in [4.78, 5) is 55.8. The molecule has 15 heteroatoms. The van der Waals surface area contributed by atoms with Crippen LogP contribution in [-0.2, 0) is 36.1 Å². The number of nitrogens with zero attached hydrogens (tertiary/aromatic N) is 4. The molecule has 0 aliphatic heterocycles. The van der Waals surface area contributed by atoms with Gasteiger partial charge in [-0.25, -0.2) is 0 Å². The molecule has 155 valence electrons. The fourth-order valence-corrected chi connectivity index (χ4v) is 1.80. The summed E-state index contributed by atoms with van der Waals surface area (Å²) in [5.41, 5.74) is 0.179. The Morgan fingerprint density at radius 1 is 0.586 bits per heavy atom. The Hall–Kier alpha value is -3.85. The first kappa shape index (κ1) is 25.1. The molecule has 0 amide bonds. The molecule has 0 atom stereocenters. The van der Waals surface area contributed by atoms with Crippen molar-refractivity contribution < 1.29 is 46.3 Å². The minimum Gasteiger partial charge on any atom is -0.507 e. The van der Waals surface area contributed by atoms with E-state index in [1.165, 1.54) is 24.3 Å². The number of hydrogen-bond donors (Lipinski definition) is 2. The Morgan fingerprint density at radius 2 is 0.862 bits per heavy atom. The van der Waals surface area contributed by atoms with Crippen molar-refractivity contribution >= 4 is 0 Å². The van der Waals surface area contributed by atoms with E-state index in [1.807, 2.05) is 0 Å². The van der Waals surface area contributed by atoms with E-state index in [-0.39, 0.29) is 39.4 Å².